The minimum atomic E-state index is -0.610. The standard InChI is InChI=1S/C15H18BrF2N3/c1-4-21-14(15(16)9(3)20-21)7-13(19)10-5-8(2)11(17)6-12(10)18/h5-6,13H,4,7,19H2,1-3H3. The molecular weight excluding hydrogens is 340 g/mol. The number of nitrogens with two attached hydrogens (primary N) is 1. The number of benzene rings is 1. The Morgan fingerprint density at radius 2 is 1.95 bits per heavy atom. The lowest BCUT2D eigenvalue weighted by Gasteiger charge is -2.15. The van der Waals surface area contributed by atoms with E-state index in [9.17, 15) is 8.78 Å². The Bertz CT molecular complexity index is 667. The van der Waals surface area contributed by atoms with Gasteiger partial charge in [0.15, 0.2) is 0 Å². The summed E-state index contributed by atoms with van der Waals surface area (Å²) in [5.41, 5.74) is 8.63. The summed E-state index contributed by atoms with van der Waals surface area (Å²) >= 11 is 3.49. The molecule has 21 heavy (non-hydrogen) atoms. The zero-order valence-electron chi connectivity index (χ0n) is 12.3. The van der Waals surface area contributed by atoms with Gasteiger partial charge in [0.1, 0.15) is 11.6 Å². The highest BCUT2D eigenvalue weighted by molar-refractivity contribution is 9.10. The van der Waals surface area contributed by atoms with Crippen molar-refractivity contribution in [3.63, 3.8) is 0 Å². The van der Waals surface area contributed by atoms with Gasteiger partial charge in [-0.1, -0.05) is 0 Å². The molecule has 2 N–H and O–H groups in total. The zero-order chi connectivity index (χ0) is 15.7. The normalized spacial score (nSPS) is 12.7. The Kier molecular flexibility index (Phi) is 4.78. The minimum absolute atomic E-state index is 0.322. The van der Waals surface area contributed by atoms with Crippen LogP contribution in [0.25, 0.3) is 0 Å². The van der Waals surface area contributed by atoms with E-state index in [-0.39, 0.29) is 0 Å². The van der Waals surface area contributed by atoms with Gasteiger partial charge < -0.3 is 5.73 Å². The van der Waals surface area contributed by atoms with E-state index in [4.69, 9.17) is 5.73 Å². The van der Waals surface area contributed by atoms with Crippen LogP contribution >= 0.6 is 15.9 Å². The highest BCUT2D eigenvalue weighted by atomic mass is 79.9. The van der Waals surface area contributed by atoms with Crippen LogP contribution in [0.15, 0.2) is 16.6 Å². The van der Waals surface area contributed by atoms with Crippen LogP contribution in [0.4, 0.5) is 8.78 Å². The lowest BCUT2D eigenvalue weighted by molar-refractivity contribution is 0.537. The third-order valence-corrected chi connectivity index (χ3v) is 4.58. The second-order valence-corrected chi connectivity index (χ2v) is 5.89. The number of hydrogen-bond acceptors (Lipinski definition) is 2. The molecule has 0 radical (unpaired) electrons. The lowest BCUT2D eigenvalue weighted by Crippen LogP contribution is -2.18. The molecule has 0 fully saturated rings. The predicted octanol–water partition coefficient (Wildman–Crippen LogP) is 3.80. The summed E-state index contributed by atoms with van der Waals surface area (Å²) in [4.78, 5) is 0. The zero-order valence-corrected chi connectivity index (χ0v) is 13.8. The molecule has 0 saturated carbocycles. The molecule has 1 heterocycles. The van der Waals surface area contributed by atoms with Crippen molar-refractivity contribution in [2.24, 2.45) is 5.73 Å². The van der Waals surface area contributed by atoms with Crippen molar-refractivity contribution >= 4 is 15.9 Å². The average Bonchev–Trinajstić information content (AvgIpc) is 2.70. The Hall–Kier alpha value is -1.27. The van der Waals surface area contributed by atoms with Crippen LogP contribution < -0.4 is 5.73 Å². The van der Waals surface area contributed by atoms with Crippen LogP contribution in [0.3, 0.4) is 0 Å². The number of aromatic nitrogens is 2. The van der Waals surface area contributed by atoms with Crippen molar-refractivity contribution in [1.82, 2.24) is 9.78 Å². The van der Waals surface area contributed by atoms with Crippen molar-refractivity contribution in [2.45, 2.75) is 39.8 Å². The van der Waals surface area contributed by atoms with E-state index in [1.807, 2.05) is 18.5 Å². The first-order valence-corrected chi connectivity index (χ1v) is 7.57. The third kappa shape index (κ3) is 3.16. The molecule has 0 amide bonds. The Morgan fingerprint density at radius 3 is 2.57 bits per heavy atom. The maximum Gasteiger partial charge on any atom is 0.130 e. The third-order valence-electron chi connectivity index (χ3n) is 3.54. The first kappa shape index (κ1) is 16.1. The van der Waals surface area contributed by atoms with Gasteiger partial charge in [0.25, 0.3) is 0 Å². The van der Waals surface area contributed by atoms with Crippen LogP contribution in [0.2, 0.25) is 0 Å². The van der Waals surface area contributed by atoms with E-state index in [2.05, 4.69) is 21.0 Å². The van der Waals surface area contributed by atoms with Crippen molar-refractivity contribution in [1.29, 1.82) is 0 Å². The van der Waals surface area contributed by atoms with E-state index in [0.717, 1.165) is 21.9 Å². The maximum atomic E-state index is 13.9. The molecule has 1 aromatic heterocycles. The summed E-state index contributed by atoms with van der Waals surface area (Å²) in [6.07, 6.45) is 0.428. The number of rotatable bonds is 4. The van der Waals surface area contributed by atoms with Gasteiger partial charge in [-0.15, -0.1) is 0 Å². The van der Waals surface area contributed by atoms with Crippen molar-refractivity contribution in [3.8, 4) is 0 Å². The van der Waals surface area contributed by atoms with Crippen LogP contribution in [0.1, 0.15) is 35.5 Å². The molecule has 2 aromatic rings. The fourth-order valence-electron chi connectivity index (χ4n) is 2.35. The van der Waals surface area contributed by atoms with E-state index in [0.29, 0.717) is 24.1 Å². The summed E-state index contributed by atoms with van der Waals surface area (Å²) in [5.74, 6) is -1.17. The van der Waals surface area contributed by atoms with Gasteiger partial charge in [0.2, 0.25) is 0 Å². The summed E-state index contributed by atoms with van der Waals surface area (Å²) in [7, 11) is 0. The van der Waals surface area contributed by atoms with Gasteiger partial charge in [-0.05, 0) is 48.3 Å². The van der Waals surface area contributed by atoms with Crippen LogP contribution in [-0.4, -0.2) is 9.78 Å². The summed E-state index contributed by atoms with van der Waals surface area (Å²) in [6.45, 7) is 6.19. The summed E-state index contributed by atoms with van der Waals surface area (Å²) in [5, 5.41) is 4.39. The smallest absolute Gasteiger partial charge is 0.130 e. The Balaban J connectivity index is 2.34. The van der Waals surface area contributed by atoms with Gasteiger partial charge in [0.05, 0.1) is 15.9 Å². The molecule has 0 spiro atoms. The number of aryl methyl sites for hydroxylation is 3. The highest BCUT2D eigenvalue weighted by Crippen LogP contribution is 2.27. The lowest BCUT2D eigenvalue weighted by atomic mass is 10.00. The fourth-order valence-corrected chi connectivity index (χ4v) is 2.79. The molecule has 0 saturated heterocycles. The van der Waals surface area contributed by atoms with Crippen LogP contribution in [0.5, 0.6) is 0 Å². The highest BCUT2D eigenvalue weighted by Gasteiger charge is 2.19. The van der Waals surface area contributed by atoms with E-state index in [1.54, 1.807) is 6.92 Å². The molecule has 1 atom stereocenters. The fraction of sp³-hybridized carbons (Fsp3) is 0.400. The average molecular weight is 358 g/mol. The largest absolute Gasteiger partial charge is 0.324 e. The van der Waals surface area contributed by atoms with Gasteiger partial charge >= 0.3 is 0 Å². The van der Waals surface area contributed by atoms with Gasteiger partial charge in [-0.2, -0.15) is 5.10 Å². The van der Waals surface area contributed by atoms with Gasteiger partial charge in [-0.3, -0.25) is 4.68 Å². The van der Waals surface area contributed by atoms with Gasteiger partial charge in [0, 0.05) is 30.6 Å². The number of nitrogens with zero attached hydrogens (tertiary/aromatic N) is 2. The summed E-state index contributed by atoms with van der Waals surface area (Å²) in [6, 6.07) is 1.81. The molecule has 2 rings (SSSR count). The molecule has 1 unspecified atom stereocenters. The van der Waals surface area contributed by atoms with Gasteiger partial charge in [-0.25, -0.2) is 8.78 Å². The Morgan fingerprint density at radius 1 is 1.29 bits per heavy atom. The first-order valence-electron chi connectivity index (χ1n) is 6.78. The second-order valence-electron chi connectivity index (χ2n) is 5.10. The van der Waals surface area contributed by atoms with Crippen molar-refractivity contribution in [2.75, 3.05) is 0 Å². The number of hydrogen-bond donors (Lipinski definition) is 1. The molecule has 3 nitrogen and oxygen atoms in total. The molecular formula is C15H18BrF2N3. The second kappa shape index (κ2) is 6.23. The number of halogens is 3. The molecule has 0 bridgehead atoms. The first-order chi connectivity index (χ1) is 9.85. The minimum Gasteiger partial charge on any atom is -0.324 e. The van der Waals surface area contributed by atoms with Crippen LogP contribution in [-0.2, 0) is 13.0 Å². The quantitative estimate of drug-likeness (QED) is 0.904. The predicted molar refractivity (Wildman–Crippen MR) is 82.1 cm³/mol. The van der Waals surface area contributed by atoms with E-state index < -0.39 is 17.7 Å². The Labute approximate surface area is 131 Å². The monoisotopic (exact) mass is 357 g/mol. The molecule has 6 heteroatoms. The molecule has 1 aromatic carbocycles. The molecule has 114 valence electrons. The molecule has 0 aliphatic carbocycles. The van der Waals surface area contributed by atoms with E-state index >= 15 is 0 Å². The van der Waals surface area contributed by atoms with Crippen molar-refractivity contribution < 1.29 is 8.78 Å². The topological polar surface area (TPSA) is 43.8 Å². The SMILES string of the molecule is CCn1nc(C)c(Br)c1CC(N)c1cc(C)c(F)cc1F. The summed E-state index contributed by atoms with van der Waals surface area (Å²) < 4.78 is 30.0. The van der Waals surface area contributed by atoms with Crippen LogP contribution in [0, 0.1) is 25.5 Å². The molecule has 0 aliphatic rings. The molecule has 0 aliphatic heterocycles. The van der Waals surface area contributed by atoms with Crippen molar-refractivity contribution in [3.05, 3.63) is 50.8 Å². The maximum absolute atomic E-state index is 13.9. The van der Waals surface area contributed by atoms with E-state index in [1.165, 1.54) is 6.07 Å².